The van der Waals surface area contributed by atoms with E-state index in [-0.39, 0.29) is 24.3 Å². The van der Waals surface area contributed by atoms with Crippen molar-refractivity contribution in [3.63, 3.8) is 0 Å². The van der Waals surface area contributed by atoms with Gasteiger partial charge in [-0.05, 0) is 69.4 Å². The minimum Gasteiger partial charge on any atom is -0.481 e. The second-order valence-electron chi connectivity index (χ2n) is 12.2. The lowest BCUT2D eigenvalue weighted by Crippen LogP contribution is -2.42. The summed E-state index contributed by atoms with van der Waals surface area (Å²) in [6, 6.07) is 10.7. The molecule has 1 aromatic heterocycles. The second kappa shape index (κ2) is 33.3. The Balaban J connectivity index is 0. The molecule has 0 spiro atoms. The molecule has 51 heavy (non-hydrogen) atoms. The van der Waals surface area contributed by atoms with Gasteiger partial charge in [0.05, 0.1) is 25.4 Å². The summed E-state index contributed by atoms with van der Waals surface area (Å²) in [6.07, 6.45) is 16.3. The van der Waals surface area contributed by atoms with Crippen molar-refractivity contribution in [1.82, 2.24) is 20.5 Å². The quantitative estimate of drug-likeness (QED) is 0.0910. The number of aliphatic hydroxyl groups is 1. The van der Waals surface area contributed by atoms with Crippen LogP contribution in [0.2, 0.25) is 0 Å². The largest absolute Gasteiger partial charge is 0.481 e. The second-order valence-corrected chi connectivity index (χ2v) is 12.2. The van der Waals surface area contributed by atoms with E-state index >= 15 is 0 Å². The number of aromatic nitrogens is 1. The molecule has 0 radical (unpaired) electrons. The molecule has 2 aromatic rings. The van der Waals surface area contributed by atoms with Crippen molar-refractivity contribution in [2.75, 3.05) is 41.1 Å². The number of carbonyl (C=O) groups excluding carboxylic acids is 3. The van der Waals surface area contributed by atoms with Gasteiger partial charge in [-0.15, -0.1) is 6.58 Å². The van der Waals surface area contributed by atoms with E-state index in [1.807, 2.05) is 32.0 Å². The minimum atomic E-state index is -0.0262. The number of nitrogens with zero attached hydrogens (tertiary/aromatic N) is 2. The topological polar surface area (TPSA) is 156 Å². The lowest BCUT2D eigenvalue weighted by atomic mass is 10.1. The number of hydrogen-bond acceptors (Lipinski definition) is 8. The lowest BCUT2D eigenvalue weighted by Gasteiger charge is -2.22. The first kappa shape index (κ1) is 49.3. The summed E-state index contributed by atoms with van der Waals surface area (Å²) in [5.74, 6) is 1.76. The van der Waals surface area contributed by atoms with Crippen LogP contribution >= 0.6 is 0 Å². The first-order chi connectivity index (χ1) is 24.7. The summed E-state index contributed by atoms with van der Waals surface area (Å²) in [5.41, 5.74) is 6.12. The van der Waals surface area contributed by atoms with Crippen molar-refractivity contribution >= 4 is 35.2 Å². The smallest absolute Gasteiger partial charge is 0.237 e. The van der Waals surface area contributed by atoms with Crippen LogP contribution in [-0.2, 0) is 19.1 Å². The van der Waals surface area contributed by atoms with Crippen LogP contribution in [0.1, 0.15) is 104 Å². The van der Waals surface area contributed by atoms with E-state index in [0.717, 1.165) is 87.6 Å². The summed E-state index contributed by atoms with van der Waals surface area (Å²) in [6.45, 7) is 16.3. The number of likely N-dealkylation sites (tertiary alicyclic amines) is 1. The Morgan fingerprint density at radius 3 is 2.33 bits per heavy atom. The van der Waals surface area contributed by atoms with Gasteiger partial charge in [0, 0.05) is 50.7 Å². The Hall–Kier alpha value is -3.80. The van der Waals surface area contributed by atoms with E-state index in [9.17, 15) is 9.59 Å². The van der Waals surface area contributed by atoms with Gasteiger partial charge in [-0.3, -0.25) is 19.3 Å². The maximum atomic E-state index is 11.8. The number of allylic oxidation sites excluding steroid dienone is 2. The molecule has 11 heteroatoms. The number of rotatable bonds is 15. The SMILES string of the molecule is C=CCCC(=O)NC1CC1.CC.CC(C)C.CNC(=O)C1CCCN1COCCCCC/C=C/c1cc2ccccc2nc1OC.CO.NC=O. The molecular weight excluding hydrogens is 646 g/mol. The predicted molar refractivity (Wildman–Crippen MR) is 211 cm³/mol. The highest BCUT2D eigenvalue weighted by atomic mass is 16.5. The van der Waals surface area contributed by atoms with Crippen LogP contribution in [0.5, 0.6) is 5.88 Å². The van der Waals surface area contributed by atoms with Gasteiger partial charge in [-0.1, -0.05) is 77.5 Å². The Morgan fingerprint density at radius 1 is 1.10 bits per heavy atom. The van der Waals surface area contributed by atoms with Gasteiger partial charge in [0.2, 0.25) is 24.1 Å². The maximum absolute atomic E-state index is 11.8. The zero-order valence-electron chi connectivity index (χ0n) is 32.8. The van der Waals surface area contributed by atoms with Crippen LogP contribution in [0, 0.1) is 5.92 Å². The monoisotopic (exact) mass is 716 g/mol. The number of fused-ring (bicyclic) bond motifs is 1. The van der Waals surface area contributed by atoms with Crippen LogP contribution in [0.4, 0.5) is 0 Å². The molecule has 1 aliphatic carbocycles. The third kappa shape index (κ3) is 24.9. The van der Waals surface area contributed by atoms with E-state index in [2.05, 4.69) is 77.9 Å². The van der Waals surface area contributed by atoms with Crippen LogP contribution in [0.25, 0.3) is 17.0 Å². The summed E-state index contributed by atoms with van der Waals surface area (Å²) in [5, 5.41) is 13.8. The number of amides is 3. The number of hydrogen-bond donors (Lipinski definition) is 4. The van der Waals surface area contributed by atoms with Crippen LogP contribution < -0.4 is 21.1 Å². The van der Waals surface area contributed by atoms with E-state index in [1.165, 1.54) is 12.8 Å². The fourth-order valence-corrected chi connectivity index (χ4v) is 4.64. The average Bonchev–Trinajstić information content (AvgIpc) is 3.83. The Morgan fingerprint density at radius 2 is 1.75 bits per heavy atom. The molecule has 5 N–H and O–H groups in total. The predicted octanol–water partition coefficient (Wildman–Crippen LogP) is 6.63. The molecule has 2 heterocycles. The van der Waals surface area contributed by atoms with Crippen molar-refractivity contribution < 1.29 is 29.0 Å². The fourth-order valence-electron chi connectivity index (χ4n) is 4.64. The van der Waals surface area contributed by atoms with Crippen LogP contribution in [-0.4, -0.2) is 86.4 Å². The van der Waals surface area contributed by atoms with E-state index < -0.39 is 0 Å². The molecule has 1 atom stereocenters. The average molecular weight is 716 g/mol. The van der Waals surface area contributed by atoms with Gasteiger partial charge in [-0.2, -0.15) is 0 Å². The molecule has 0 bridgehead atoms. The van der Waals surface area contributed by atoms with Gasteiger partial charge >= 0.3 is 0 Å². The number of ether oxygens (including phenoxy) is 2. The highest BCUT2D eigenvalue weighted by Crippen LogP contribution is 2.24. The van der Waals surface area contributed by atoms with E-state index in [1.54, 1.807) is 20.2 Å². The van der Waals surface area contributed by atoms with Gasteiger partial charge < -0.3 is 30.9 Å². The maximum Gasteiger partial charge on any atom is 0.237 e. The number of methoxy groups -OCH3 is 1. The van der Waals surface area contributed by atoms with Crippen LogP contribution in [0.15, 0.2) is 49.1 Å². The first-order valence-electron chi connectivity index (χ1n) is 18.3. The fraction of sp³-hybridized carbons (Fsp3) is 0.600. The Kier molecular flexibility index (Phi) is 32.2. The van der Waals surface area contributed by atoms with Crippen molar-refractivity contribution in [2.24, 2.45) is 11.7 Å². The zero-order valence-corrected chi connectivity index (χ0v) is 32.8. The highest BCUT2D eigenvalue weighted by Gasteiger charge is 2.29. The van der Waals surface area contributed by atoms with Gasteiger partial charge in [-0.25, -0.2) is 4.98 Å². The third-order valence-electron chi connectivity index (χ3n) is 7.05. The number of nitrogens with one attached hydrogen (secondary N) is 2. The number of carbonyl (C=O) groups is 3. The van der Waals surface area contributed by atoms with Crippen molar-refractivity contribution in [3.8, 4) is 5.88 Å². The summed E-state index contributed by atoms with van der Waals surface area (Å²) < 4.78 is 11.2. The molecule has 4 rings (SSSR count). The van der Waals surface area contributed by atoms with E-state index in [0.29, 0.717) is 25.1 Å². The molecule has 1 aliphatic heterocycles. The molecule has 1 saturated carbocycles. The van der Waals surface area contributed by atoms with Crippen molar-refractivity contribution in [3.05, 3.63) is 54.6 Å². The number of benzene rings is 1. The highest BCUT2D eigenvalue weighted by molar-refractivity contribution is 5.82. The standard InChI is InChI=1S/C24H33N3O3.C8H13NO.C4H10.C2H6.CH3NO.CH4O/c1-25-23(28)22-14-10-15-27(22)18-30-16-9-5-3-4-6-12-20-17-19-11-7-8-13-21(19)26-24(20)29-2;1-2-3-4-8(10)9-7-5-6-7;1-4(2)3;1-2;2-1-3;1-2/h6-8,11-13,17,22H,3-5,9-10,14-16,18H2,1-2H3,(H,25,28);2,7H,1,3-6H2,(H,9,10);4H,1-3H3;1-2H3;1H,(H2,2,3);2H,1H3/b12-6+;;;;;. The van der Waals surface area contributed by atoms with Crippen LogP contribution in [0.3, 0.4) is 0 Å². The minimum absolute atomic E-state index is 0.0262. The molecule has 2 aliphatic rings. The molecule has 1 saturated heterocycles. The number of para-hydroxylation sites is 1. The number of unbranched alkanes of at least 4 members (excludes halogenated alkanes) is 3. The summed E-state index contributed by atoms with van der Waals surface area (Å²) in [7, 11) is 4.36. The molecule has 2 fully saturated rings. The van der Waals surface area contributed by atoms with E-state index in [4.69, 9.17) is 19.4 Å². The zero-order chi connectivity index (χ0) is 38.9. The number of pyridine rings is 1. The normalized spacial score (nSPS) is 14.4. The Bertz CT molecular complexity index is 1220. The first-order valence-corrected chi connectivity index (χ1v) is 18.3. The number of nitrogens with two attached hydrogens (primary N) is 1. The summed E-state index contributed by atoms with van der Waals surface area (Å²) >= 11 is 0. The Labute approximate surface area is 308 Å². The van der Waals surface area contributed by atoms with Crippen molar-refractivity contribution in [1.29, 1.82) is 0 Å². The molecule has 11 nitrogen and oxygen atoms in total. The van der Waals surface area contributed by atoms with Gasteiger partial charge in [0.1, 0.15) is 0 Å². The summed E-state index contributed by atoms with van der Waals surface area (Å²) in [4.78, 5) is 38.0. The number of aliphatic hydroxyl groups excluding tert-OH is 1. The molecule has 290 valence electrons. The molecule has 1 aromatic carbocycles. The van der Waals surface area contributed by atoms with Crippen molar-refractivity contribution in [2.45, 2.75) is 111 Å². The molecular formula is C40H69N5O6. The number of likely N-dealkylation sites (N-methyl/N-ethyl adjacent to an activating group) is 1. The van der Waals surface area contributed by atoms with Gasteiger partial charge in [0.25, 0.3) is 0 Å². The molecule has 3 amide bonds. The number of primary amides is 1. The molecule has 1 unspecified atom stereocenters. The van der Waals surface area contributed by atoms with Gasteiger partial charge in [0.15, 0.2) is 0 Å². The third-order valence-corrected chi connectivity index (χ3v) is 7.05. The lowest BCUT2D eigenvalue weighted by molar-refractivity contribution is -0.127.